The molecular weight excluding hydrogens is 366 g/mol. The van der Waals surface area contributed by atoms with E-state index in [2.05, 4.69) is 17.0 Å². The van der Waals surface area contributed by atoms with Crippen molar-refractivity contribution in [3.05, 3.63) is 29.8 Å². The molecule has 0 aromatic heterocycles. The number of amides is 2. The molecule has 2 fully saturated rings. The Morgan fingerprint density at radius 3 is 2.70 bits per heavy atom. The Hall–Kier alpha value is -1.93. The zero-order valence-corrected chi connectivity index (χ0v) is 16.6. The lowest BCUT2D eigenvalue weighted by Gasteiger charge is -2.33. The molecule has 8 heteroatoms. The minimum atomic E-state index is -3.23. The van der Waals surface area contributed by atoms with Gasteiger partial charge in [-0.2, -0.15) is 0 Å². The molecule has 2 amide bonds. The summed E-state index contributed by atoms with van der Waals surface area (Å²) in [5.74, 6) is 0.541. The molecule has 3 rings (SSSR count). The summed E-state index contributed by atoms with van der Waals surface area (Å²) in [6.07, 6.45) is 3.79. The number of hydrogen-bond acceptors (Lipinski definition) is 4. The van der Waals surface area contributed by atoms with Crippen LogP contribution >= 0.6 is 0 Å². The van der Waals surface area contributed by atoms with Crippen LogP contribution in [0.1, 0.15) is 36.5 Å². The van der Waals surface area contributed by atoms with Crippen LogP contribution in [0, 0.1) is 17.8 Å². The van der Waals surface area contributed by atoms with E-state index in [1.54, 1.807) is 29.2 Å². The molecule has 3 unspecified atom stereocenters. The highest BCUT2D eigenvalue weighted by Crippen LogP contribution is 2.38. The smallest absolute Gasteiger partial charge is 0.253 e. The molecule has 148 valence electrons. The van der Waals surface area contributed by atoms with Crippen LogP contribution in [0.2, 0.25) is 0 Å². The van der Waals surface area contributed by atoms with Crippen LogP contribution in [0.25, 0.3) is 0 Å². The fourth-order valence-electron chi connectivity index (χ4n) is 3.52. The van der Waals surface area contributed by atoms with Crippen molar-refractivity contribution in [1.82, 2.24) is 9.62 Å². The van der Waals surface area contributed by atoms with E-state index in [4.69, 9.17) is 0 Å². The Labute approximate surface area is 160 Å². The summed E-state index contributed by atoms with van der Waals surface area (Å²) in [4.78, 5) is 26.7. The molecule has 3 atom stereocenters. The van der Waals surface area contributed by atoms with Gasteiger partial charge in [0, 0.05) is 36.8 Å². The van der Waals surface area contributed by atoms with Crippen molar-refractivity contribution in [2.24, 2.45) is 17.8 Å². The Balaban J connectivity index is 1.61. The maximum Gasteiger partial charge on any atom is 0.253 e. The van der Waals surface area contributed by atoms with Crippen LogP contribution in [-0.2, 0) is 14.8 Å². The van der Waals surface area contributed by atoms with E-state index in [9.17, 15) is 18.0 Å². The van der Waals surface area contributed by atoms with Crippen molar-refractivity contribution in [3.8, 4) is 0 Å². The lowest BCUT2D eigenvalue weighted by atomic mass is 9.97. The van der Waals surface area contributed by atoms with Crippen LogP contribution in [-0.4, -0.2) is 51.0 Å². The van der Waals surface area contributed by atoms with E-state index in [0.717, 1.165) is 25.5 Å². The SMILES string of the molecule is CC1CC1C(=O)Nc1cccc(C(=O)N2CCCC(CNS(C)(=O)=O)C2)c1. The third-order valence-electron chi connectivity index (χ3n) is 5.26. The first-order valence-electron chi connectivity index (χ1n) is 9.38. The summed E-state index contributed by atoms with van der Waals surface area (Å²) >= 11 is 0. The summed E-state index contributed by atoms with van der Waals surface area (Å²) in [6.45, 7) is 3.58. The van der Waals surface area contributed by atoms with Gasteiger partial charge in [0.1, 0.15) is 0 Å². The molecule has 27 heavy (non-hydrogen) atoms. The molecule has 1 aliphatic carbocycles. The number of hydrogen-bond donors (Lipinski definition) is 2. The second kappa shape index (κ2) is 7.98. The Morgan fingerprint density at radius 1 is 1.30 bits per heavy atom. The number of piperidine rings is 1. The van der Waals surface area contributed by atoms with Gasteiger partial charge in [-0.25, -0.2) is 13.1 Å². The van der Waals surface area contributed by atoms with Crippen molar-refractivity contribution >= 4 is 27.5 Å². The predicted octanol–water partition coefficient (Wildman–Crippen LogP) is 1.68. The van der Waals surface area contributed by atoms with Crippen molar-refractivity contribution in [2.75, 3.05) is 31.2 Å². The highest BCUT2D eigenvalue weighted by atomic mass is 32.2. The number of anilines is 1. The van der Waals surface area contributed by atoms with Gasteiger partial charge in [-0.3, -0.25) is 9.59 Å². The standard InChI is InChI=1S/C19H27N3O4S/c1-13-9-17(13)18(23)21-16-7-3-6-15(10-16)19(24)22-8-4-5-14(12-22)11-20-27(2,25)26/h3,6-7,10,13-14,17,20H,4-5,8-9,11-12H2,1-2H3,(H,21,23). The maximum absolute atomic E-state index is 12.9. The molecule has 1 saturated heterocycles. The average molecular weight is 394 g/mol. The van der Waals surface area contributed by atoms with Gasteiger partial charge in [-0.15, -0.1) is 0 Å². The monoisotopic (exact) mass is 393 g/mol. The Morgan fingerprint density at radius 2 is 2.04 bits per heavy atom. The zero-order valence-electron chi connectivity index (χ0n) is 15.8. The van der Waals surface area contributed by atoms with Crippen molar-refractivity contribution in [2.45, 2.75) is 26.2 Å². The minimum Gasteiger partial charge on any atom is -0.338 e. The summed E-state index contributed by atoms with van der Waals surface area (Å²) < 4.78 is 25.1. The molecule has 1 saturated carbocycles. The van der Waals surface area contributed by atoms with Gasteiger partial charge in [0.15, 0.2) is 0 Å². The van der Waals surface area contributed by atoms with E-state index in [1.165, 1.54) is 0 Å². The fourth-order valence-corrected chi connectivity index (χ4v) is 4.06. The van der Waals surface area contributed by atoms with Crippen molar-refractivity contribution in [1.29, 1.82) is 0 Å². The molecule has 1 heterocycles. The predicted molar refractivity (Wildman–Crippen MR) is 104 cm³/mol. The first-order chi connectivity index (χ1) is 12.7. The zero-order chi connectivity index (χ0) is 19.6. The van der Waals surface area contributed by atoms with Crippen LogP contribution in [0.4, 0.5) is 5.69 Å². The molecule has 2 N–H and O–H groups in total. The fraction of sp³-hybridized carbons (Fsp3) is 0.579. The Bertz CT molecular complexity index is 824. The van der Waals surface area contributed by atoms with Gasteiger partial charge in [-0.05, 0) is 49.3 Å². The van der Waals surface area contributed by atoms with Crippen molar-refractivity contribution < 1.29 is 18.0 Å². The summed E-state index contributed by atoms with van der Waals surface area (Å²) in [7, 11) is -3.23. The summed E-state index contributed by atoms with van der Waals surface area (Å²) in [5, 5.41) is 2.89. The topological polar surface area (TPSA) is 95.6 Å². The molecule has 1 aromatic rings. The highest BCUT2D eigenvalue weighted by Gasteiger charge is 2.39. The molecular formula is C19H27N3O4S. The van der Waals surface area contributed by atoms with Gasteiger partial charge < -0.3 is 10.2 Å². The highest BCUT2D eigenvalue weighted by molar-refractivity contribution is 7.88. The third-order valence-corrected chi connectivity index (χ3v) is 5.95. The van der Waals surface area contributed by atoms with Crippen LogP contribution in [0.15, 0.2) is 24.3 Å². The van der Waals surface area contributed by atoms with E-state index >= 15 is 0 Å². The number of sulfonamides is 1. The molecule has 7 nitrogen and oxygen atoms in total. The molecule has 0 spiro atoms. The maximum atomic E-state index is 12.9. The number of likely N-dealkylation sites (tertiary alicyclic amines) is 1. The lowest BCUT2D eigenvalue weighted by Crippen LogP contribution is -2.43. The number of nitrogens with zero attached hydrogens (tertiary/aromatic N) is 1. The van der Waals surface area contributed by atoms with E-state index in [1.807, 2.05) is 0 Å². The molecule has 1 aromatic carbocycles. The number of benzene rings is 1. The second-order valence-corrected chi connectivity index (χ2v) is 9.60. The first-order valence-corrected chi connectivity index (χ1v) is 11.3. The minimum absolute atomic E-state index is 0.0111. The van der Waals surface area contributed by atoms with Gasteiger partial charge in [0.2, 0.25) is 15.9 Å². The normalized spacial score (nSPS) is 25.1. The van der Waals surface area contributed by atoms with Crippen molar-refractivity contribution in [3.63, 3.8) is 0 Å². The average Bonchev–Trinajstić information content (AvgIpc) is 3.36. The van der Waals surface area contributed by atoms with Gasteiger partial charge in [-0.1, -0.05) is 13.0 Å². The first kappa shape index (κ1) is 19.8. The number of nitrogens with one attached hydrogen (secondary N) is 2. The van der Waals surface area contributed by atoms with Crippen LogP contribution in [0.3, 0.4) is 0 Å². The molecule has 0 radical (unpaired) electrons. The quantitative estimate of drug-likeness (QED) is 0.769. The lowest BCUT2D eigenvalue weighted by molar-refractivity contribution is -0.117. The summed E-state index contributed by atoms with van der Waals surface area (Å²) in [5.41, 5.74) is 1.17. The number of carbonyl (C=O) groups is 2. The molecule has 2 aliphatic rings. The van der Waals surface area contributed by atoms with Crippen LogP contribution in [0.5, 0.6) is 0 Å². The molecule has 1 aliphatic heterocycles. The Kier molecular flexibility index (Phi) is 5.86. The molecule has 0 bridgehead atoms. The third kappa shape index (κ3) is 5.52. The van der Waals surface area contributed by atoms with Gasteiger partial charge in [0.05, 0.1) is 6.26 Å². The van der Waals surface area contributed by atoms with E-state index in [0.29, 0.717) is 36.8 Å². The van der Waals surface area contributed by atoms with E-state index < -0.39 is 10.0 Å². The van der Waals surface area contributed by atoms with Gasteiger partial charge in [0.25, 0.3) is 5.91 Å². The second-order valence-electron chi connectivity index (χ2n) is 7.77. The summed E-state index contributed by atoms with van der Waals surface area (Å²) in [6, 6.07) is 7.02. The van der Waals surface area contributed by atoms with E-state index in [-0.39, 0.29) is 23.7 Å². The van der Waals surface area contributed by atoms with Crippen LogP contribution < -0.4 is 10.0 Å². The number of rotatable bonds is 6. The number of carbonyl (C=O) groups excluding carboxylic acids is 2. The largest absolute Gasteiger partial charge is 0.338 e. The van der Waals surface area contributed by atoms with Gasteiger partial charge >= 0.3 is 0 Å².